The first-order valence-corrected chi connectivity index (χ1v) is 10.5. The maximum absolute atomic E-state index is 8.97. The minimum absolute atomic E-state index is 0.142. The molecule has 0 atom stereocenters. The van der Waals surface area contributed by atoms with Gasteiger partial charge in [-0.25, -0.2) is 4.98 Å². The van der Waals surface area contributed by atoms with Crippen LogP contribution in [0.15, 0.2) is 12.4 Å². The normalized spacial score (nSPS) is 22.7. The molecule has 1 saturated carbocycles. The molecular weight excluding hydrogens is 390 g/mol. The second-order valence-corrected chi connectivity index (χ2v) is 8.48. The van der Waals surface area contributed by atoms with Gasteiger partial charge in [0.25, 0.3) is 0 Å². The first-order valence-electron chi connectivity index (χ1n) is 10.1. The first-order chi connectivity index (χ1) is 14.0. The lowest BCUT2D eigenvalue weighted by atomic mass is 9.81. The fourth-order valence-electron chi connectivity index (χ4n) is 3.87. The van der Waals surface area contributed by atoms with E-state index in [1.165, 1.54) is 0 Å². The Kier molecular flexibility index (Phi) is 5.88. The monoisotopic (exact) mass is 415 g/mol. The lowest BCUT2D eigenvalue weighted by molar-refractivity contribution is 0.157. The van der Waals surface area contributed by atoms with Gasteiger partial charge in [-0.05, 0) is 58.7 Å². The molecule has 0 bridgehead atoms. The van der Waals surface area contributed by atoms with Crippen LogP contribution >= 0.6 is 11.6 Å². The Balaban J connectivity index is 1.39. The summed E-state index contributed by atoms with van der Waals surface area (Å²) in [6.45, 7) is 4.81. The molecule has 29 heavy (non-hydrogen) atoms. The standard InChI is InChI=1S/C20H26ClN7O/c1-13-18(11-24-28(13)16-7-15(8-16)9-22)25-20-23-10-17(21)19(26-20)29-12-14-3-5-27(2)6-4-14/h10-11,14-16H,3-8,12H2,1-2H3,(H,23,25,26). The van der Waals surface area contributed by atoms with E-state index in [4.69, 9.17) is 21.6 Å². The van der Waals surface area contributed by atoms with Gasteiger partial charge in [0, 0.05) is 0 Å². The minimum Gasteiger partial charge on any atom is -0.476 e. The fraction of sp³-hybridized carbons (Fsp3) is 0.600. The van der Waals surface area contributed by atoms with E-state index in [1.54, 1.807) is 12.4 Å². The summed E-state index contributed by atoms with van der Waals surface area (Å²) < 4.78 is 7.90. The highest BCUT2D eigenvalue weighted by molar-refractivity contribution is 6.31. The largest absolute Gasteiger partial charge is 0.476 e. The molecule has 2 aromatic rings. The van der Waals surface area contributed by atoms with Crippen LogP contribution < -0.4 is 10.1 Å². The number of hydrogen-bond donors (Lipinski definition) is 1. The quantitative estimate of drug-likeness (QED) is 0.770. The number of rotatable bonds is 6. The molecule has 9 heteroatoms. The first kappa shape index (κ1) is 19.9. The maximum Gasteiger partial charge on any atom is 0.237 e. The molecule has 1 saturated heterocycles. The molecule has 2 fully saturated rings. The van der Waals surface area contributed by atoms with Gasteiger partial charge >= 0.3 is 0 Å². The highest BCUT2D eigenvalue weighted by atomic mass is 35.5. The Morgan fingerprint density at radius 1 is 1.31 bits per heavy atom. The second-order valence-electron chi connectivity index (χ2n) is 8.07. The van der Waals surface area contributed by atoms with E-state index < -0.39 is 0 Å². The third-order valence-corrected chi connectivity index (χ3v) is 6.20. The van der Waals surface area contributed by atoms with E-state index in [-0.39, 0.29) is 12.0 Å². The molecule has 4 rings (SSSR count). The lowest BCUT2D eigenvalue weighted by Gasteiger charge is -2.31. The highest BCUT2D eigenvalue weighted by Gasteiger charge is 2.32. The Morgan fingerprint density at radius 3 is 2.79 bits per heavy atom. The van der Waals surface area contributed by atoms with Crippen LogP contribution in [0.2, 0.25) is 5.02 Å². The van der Waals surface area contributed by atoms with E-state index >= 15 is 0 Å². The van der Waals surface area contributed by atoms with E-state index in [9.17, 15) is 0 Å². The number of piperidine rings is 1. The van der Waals surface area contributed by atoms with Gasteiger partial charge in [0.05, 0.1) is 48.4 Å². The molecule has 1 N–H and O–H groups in total. The average molecular weight is 416 g/mol. The van der Waals surface area contributed by atoms with Crippen molar-refractivity contribution in [2.75, 3.05) is 32.1 Å². The third-order valence-electron chi connectivity index (χ3n) is 5.94. The summed E-state index contributed by atoms with van der Waals surface area (Å²) in [6, 6.07) is 2.60. The fourth-order valence-corrected chi connectivity index (χ4v) is 4.01. The molecule has 0 radical (unpaired) electrons. The molecule has 0 unspecified atom stereocenters. The predicted molar refractivity (Wildman–Crippen MR) is 110 cm³/mol. The highest BCUT2D eigenvalue weighted by Crippen LogP contribution is 2.38. The van der Waals surface area contributed by atoms with Crippen molar-refractivity contribution in [3.63, 3.8) is 0 Å². The molecule has 1 aliphatic heterocycles. The van der Waals surface area contributed by atoms with Crippen molar-refractivity contribution in [3.05, 3.63) is 23.1 Å². The number of nitrogens with one attached hydrogen (secondary N) is 1. The van der Waals surface area contributed by atoms with Gasteiger partial charge in [0.2, 0.25) is 11.8 Å². The Morgan fingerprint density at radius 2 is 2.07 bits per heavy atom. The Hall–Kier alpha value is -2.37. The molecule has 154 valence electrons. The average Bonchev–Trinajstić information content (AvgIpc) is 3.03. The summed E-state index contributed by atoms with van der Waals surface area (Å²) in [6.07, 6.45) is 7.28. The molecule has 1 aliphatic carbocycles. The van der Waals surface area contributed by atoms with Gasteiger partial charge in [0.1, 0.15) is 5.02 Å². The maximum atomic E-state index is 8.97. The molecule has 2 aromatic heterocycles. The molecule has 0 amide bonds. The van der Waals surface area contributed by atoms with Gasteiger partial charge in [0.15, 0.2) is 0 Å². The number of ether oxygens (including phenoxy) is 1. The third kappa shape index (κ3) is 4.46. The number of nitrogens with zero attached hydrogens (tertiary/aromatic N) is 6. The molecular formula is C20H26ClN7O. The van der Waals surface area contributed by atoms with Crippen molar-refractivity contribution in [1.29, 1.82) is 5.26 Å². The zero-order valence-electron chi connectivity index (χ0n) is 16.8. The summed E-state index contributed by atoms with van der Waals surface area (Å²) in [4.78, 5) is 11.1. The van der Waals surface area contributed by atoms with E-state index in [1.807, 2.05) is 11.6 Å². The van der Waals surface area contributed by atoms with E-state index in [0.29, 0.717) is 29.4 Å². The van der Waals surface area contributed by atoms with Gasteiger partial charge < -0.3 is 15.0 Å². The second kappa shape index (κ2) is 8.56. The van der Waals surface area contributed by atoms with Crippen LogP contribution in [0.3, 0.4) is 0 Å². The van der Waals surface area contributed by atoms with Gasteiger partial charge in [-0.3, -0.25) is 4.68 Å². The van der Waals surface area contributed by atoms with Crippen LogP contribution in [-0.2, 0) is 0 Å². The van der Waals surface area contributed by atoms with E-state index in [2.05, 4.69) is 38.4 Å². The molecule has 3 heterocycles. The zero-order valence-corrected chi connectivity index (χ0v) is 17.6. The van der Waals surface area contributed by atoms with Crippen molar-refractivity contribution >= 4 is 23.2 Å². The number of anilines is 2. The summed E-state index contributed by atoms with van der Waals surface area (Å²) in [7, 11) is 2.15. The van der Waals surface area contributed by atoms with Gasteiger partial charge in [-0.1, -0.05) is 11.6 Å². The van der Waals surface area contributed by atoms with Crippen molar-refractivity contribution in [2.24, 2.45) is 11.8 Å². The number of hydrogen-bond acceptors (Lipinski definition) is 7. The van der Waals surface area contributed by atoms with Crippen LogP contribution in [-0.4, -0.2) is 51.4 Å². The molecule has 0 spiro atoms. The summed E-state index contributed by atoms with van der Waals surface area (Å²) >= 11 is 6.24. The smallest absolute Gasteiger partial charge is 0.237 e. The molecule has 2 aliphatic rings. The van der Waals surface area contributed by atoms with Crippen LogP contribution in [0.25, 0.3) is 0 Å². The number of halogens is 1. The SMILES string of the molecule is Cc1c(Nc2ncc(Cl)c(OCC3CCN(C)CC3)n2)cnn1C1CC(C#N)C1. The summed E-state index contributed by atoms with van der Waals surface area (Å²) in [5, 5.41) is 17.1. The molecule has 0 aromatic carbocycles. The Bertz CT molecular complexity index is 895. The predicted octanol–water partition coefficient (Wildman–Crippen LogP) is 3.57. The van der Waals surface area contributed by atoms with Crippen LogP contribution in [0.1, 0.15) is 37.4 Å². The van der Waals surface area contributed by atoms with Gasteiger partial charge in [-0.2, -0.15) is 15.3 Å². The van der Waals surface area contributed by atoms with Crippen molar-refractivity contribution < 1.29 is 4.74 Å². The van der Waals surface area contributed by atoms with E-state index in [0.717, 1.165) is 50.2 Å². The minimum atomic E-state index is 0.142. The summed E-state index contributed by atoms with van der Waals surface area (Å²) in [5.74, 6) is 1.50. The number of likely N-dealkylation sites (tertiary alicyclic amines) is 1. The van der Waals surface area contributed by atoms with Gasteiger partial charge in [-0.15, -0.1) is 0 Å². The topological polar surface area (TPSA) is 91.9 Å². The number of nitriles is 1. The number of aromatic nitrogens is 4. The van der Waals surface area contributed by atoms with Crippen molar-refractivity contribution in [1.82, 2.24) is 24.6 Å². The Labute approximate surface area is 175 Å². The van der Waals surface area contributed by atoms with Crippen LogP contribution in [0, 0.1) is 30.1 Å². The lowest BCUT2D eigenvalue weighted by Crippen LogP contribution is -2.32. The van der Waals surface area contributed by atoms with Crippen LogP contribution in [0.4, 0.5) is 11.6 Å². The zero-order chi connectivity index (χ0) is 20.4. The molecule has 8 nitrogen and oxygen atoms in total. The van der Waals surface area contributed by atoms with Crippen molar-refractivity contribution in [2.45, 2.75) is 38.6 Å². The summed E-state index contributed by atoms with van der Waals surface area (Å²) in [5.41, 5.74) is 1.84. The van der Waals surface area contributed by atoms with Crippen molar-refractivity contribution in [3.8, 4) is 11.9 Å². The van der Waals surface area contributed by atoms with Crippen LogP contribution in [0.5, 0.6) is 5.88 Å².